The van der Waals surface area contributed by atoms with Gasteiger partial charge in [-0.15, -0.1) is 0 Å². The van der Waals surface area contributed by atoms with Crippen molar-refractivity contribution in [1.82, 2.24) is 4.57 Å². The van der Waals surface area contributed by atoms with Crippen LogP contribution in [0.1, 0.15) is 41.7 Å². The van der Waals surface area contributed by atoms with E-state index in [0.29, 0.717) is 5.84 Å². The summed E-state index contributed by atoms with van der Waals surface area (Å²) < 4.78 is 2.47. The van der Waals surface area contributed by atoms with Gasteiger partial charge in [-0.2, -0.15) is 0 Å². The van der Waals surface area contributed by atoms with E-state index >= 15 is 0 Å². The van der Waals surface area contributed by atoms with Gasteiger partial charge in [0, 0.05) is 58.1 Å². The summed E-state index contributed by atoms with van der Waals surface area (Å²) >= 11 is 3.74. The van der Waals surface area contributed by atoms with Crippen LogP contribution in [0.2, 0.25) is 0 Å². The normalized spacial score (nSPS) is 15.3. The Morgan fingerprint density at radius 1 is 0.518 bits per heavy atom. The van der Waals surface area contributed by atoms with Crippen molar-refractivity contribution in [2.24, 2.45) is 9.98 Å². The second-order valence-corrected chi connectivity index (χ2v) is 17.3. The highest BCUT2D eigenvalue weighted by molar-refractivity contribution is 8.05. The minimum absolute atomic E-state index is 0.110. The summed E-state index contributed by atoms with van der Waals surface area (Å²) in [5.41, 5.74) is 14.3. The van der Waals surface area contributed by atoms with Crippen LogP contribution in [0.5, 0.6) is 0 Å². The number of allylic oxidation sites excluding steroid dienone is 2. The molecule has 5 heteroatoms. The Balaban J connectivity index is 1.08. The monoisotopic (exact) mass is 753 g/mol. The van der Waals surface area contributed by atoms with Crippen molar-refractivity contribution in [2.75, 3.05) is 0 Å². The first-order chi connectivity index (χ1) is 27.4. The van der Waals surface area contributed by atoms with Crippen LogP contribution in [-0.2, 0) is 5.41 Å². The van der Waals surface area contributed by atoms with E-state index < -0.39 is 0 Å². The quantitative estimate of drug-likeness (QED) is 0.179. The fourth-order valence-electron chi connectivity index (χ4n) is 8.58. The second kappa shape index (κ2) is 12.7. The van der Waals surface area contributed by atoms with Gasteiger partial charge in [-0.1, -0.05) is 153 Å². The van der Waals surface area contributed by atoms with E-state index in [0.717, 1.165) is 39.4 Å². The molecule has 0 N–H and O–H groups in total. The molecule has 0 saturated heterocycles. The molecule has 0 fully saturated rings. The Kier molecular flexibility index (Phi) is 7.54. The number of fused-ring (bicyclic) bond motifs is 8. The zero-order valence-corrected chi connectivity index (χ0v) is 32.6. The van der Waals surface area contributed by atoms with E-state index in [1.54, 1.807) is 0 Å². The highest BCUT2D eigenvalue weighted by Crippen LogP contribution is 2.53. The number of nitrogens with zero attached hydrogens (tertiary/aromatic N) is 3. The molecule has 1 aliphatic carbocycles. The fourth-order valence-corrected chi connectivity index (χ4v) is 10.9. The minimum Gasteiger partial charge on any atom is -0.309 e. The average molecular weight is 754 g/mol. The van der Waals surface area contributed by atoms with Crippen molar-refractivity contribution < 1.29 is 0 Å². The molecule has 266 valence electrons. The third-order valence-electron chi connectivity index (χ3n) is 11.4. The molecular formula is C51H35N3S2. The third-order valence-corrected chi connectivity index (χ3v) is 13.9. The predicted octanol–water partition coefficient (Wildman–Crippen LogP) is 13.6. The number of rotatable bonds is 4. The molecule has 0 spiro atoms. The van der Waals surface area contributed by atoms with E-state index in [1.165, 1.54) is 63.6 Å². The molecule has 11 rings (SSSR count). The number of hydrogen-bond acceptors (Lipinski definition) is 4. The molecule has 0 amide bonds. The Labute approximate surface area is 334 Å². The van der Waals surface area contributed by atoms with Gasteiger partial charge in [-0.05, 0) is 82.4 Å². The molecule has 3 aliphatic rings. The molecule has 7 aromatic carbocycles. The van der Waals surface area contributed by atoms with Gasteiger partial charge < -0.3 is 4.57 Å². The van der Waals surface area contributed by atoms with Crippen LogP contribution in [-0.4, -0.2) is 16.1 Å². The molecule has 0 bridgehead atoms. The minimum atomic E-state index is -0.110. The zero-order chi connectivity index (χ0) is 37.5. The van der Waals surface area contributed by atoms with Gasteiger partial charge in [0.25, 0.3) is 0 Å². The molecule has 8 aromatic rings. The lowest BCUT2D eigenvalue weighted by atomic mass is 9.82. The Morgan fingerprint density at radius 3 is 1.86 bits per heavy atom. The second-order valence-electron chi connectivity index (χ2n) is 15.1. The van der Waals surface area contributed by atoms with Gasteiger partial charge in [0.1, 0.15) is 0 Å². The van der Waals surface area contributed by atoms with Crippen LogP contribution in [0, 0.1) is 0 Å². The van der Waals surface area contributed by atoms with Crippen LogP contribution in [0.25, 0.3) is 44.3 Å². The Bertz CT molecular complexity index is 3040. The Morgan fingerprint density at radius 2 is 1.12 bits per heavy atom. The maximum absolute atomic E-state index is 5.19. The predicted molar refractivity (Wildman–Crippen MR) is 236 cm³/mol. The zero-order valence-electron chi connectivity index (χ0n) is 31.0. The summed E-state index contributed by atoms with van der Waals surface area (Å²) in [6.07, 6.45) is 2.07. The standard InChI is InChI=1S/C51H35N3S2/c1-31-26-42(52-50(34-16-8-5-9-17-34)53-49(31)33-14-6-4-7-15-33)32-22-24-35(25-23-32)54-43-29-41-37(36-18-10-11-19-40(36)51(41,2)3)27-38(43)39-28-47-48(30-44(39)54)56-46-21-13-12-20-45(46)55-47/h4-30H,1H2,2-3H3. The van der Waals surface area contributed by atoms with Crippen LogP contribution in [0.15, 0.2) is 206 Å². The van der Waals surface area contributed by atoms with Crippen LogP contribution in [0.3, 0.4) is 0 Å². The number of benzene rings is 7. The summed E-state index contributed by atoms with van der Waals surface area (Å²) in [5, 5.41) is 2.54. The highest BCUT2D eigenvalue weighted by Gasteiger charge is 2.36. The van der Waals surface area contributed by atoms with Gasteiger partial charge in [0.05, 0.1) is 22.4 Å². The van der Waals surface area contributed by atoms with Gasteiger partial charge in [0.2, 0.25) is 0 Å². The van der Waals surface area contributed by atoms with E-state index in [4.69, 9.17) is 9.98 Å². The summed E-state index contributed by atoms with van der Waals surface area (Å²) in [6.45, 7) is 9.20. The van der Waals surface area contributed by atoms with E-state index in [9.17, 15) is 0 Å². The lowest BCUT2D eigenvalue weighted by molar-refractivity contribution is 0.661. The number of hydrogen-bond donors (Lipinski definition) is 0. The maximum atomic E-state index is 5.19. The molecule has 0 unspecified atom stereocenters. The molecule has 0 saturated carbocycles. The van der Waals surface area contributed by atoms with Gasteiger partial charge in [0.15, 0.2) is 5.84 Å². The summed E-state index contributed by atoms with van der Waals surface area (Å²) in [4.78, 5) is 15.5. The van der Waals surface area contributed by atoms with Crippen molar-refractivity contribution in [2.45, 2.75) is 38.8 Å². The summed E-state index contributed by atoms with van der Waals surface area (Å²) in [5.74, 6) is 0.667. The van der Waals surface area contributed by atoms with Gasteiger partial charge >= 0.3 is 0 Å². The van der Waals surface area contributed by atoms with E-state index in [-0.39, 0.29) is 5.41 Å². The lowest BCUT2D eigenvalue weighted by Gasteiger charge is -2.21. The largest absolute Gasteiger partial charge is 0.309 e. The molecule has 2 aliphatic heterocycles. The lowest BCUT2D eigenvalue weighted by Crippen LogP contribution is -2.14. The van der Waals surface area contributed by atoms with E-state index in [1.807, 2.05) is 59.9 Å². The fraction of sp³-hybridized carbons (Fsp3) is 0.0588. The average Bonchev–Trinajstić information content (AvgIpc) is 3.57. The first-order valence-electron chi connectivity index (χ1n) is 18.9. The topological polar surface area (TPSA) is 29.6 Å². The van der Waals surface area contributed by atoms with Gasteiger partial charge in [-0.3, -0.25) is 0 Å². The number of aliphatic imine (C=N–C) groups is 2. The van der Waals surface area contributed by atoms with Gasteiger partial charge in [-0.25, -0.2) is 9.98 Å². The molecule has 1 aromatic heterocycles. The molecule has 56 heavy (non-hydrogen) atoms. The Hall–Kier alpha value is -6.14. The number of amidine groups is 1. The summed E-state index contributed by atoms with van der Waals surface area (Å²) in [7, 11) is 0. The van der Waals surface area contributed by atoms with Crippen LogP contribution >= 0.6 is 23.5 Å². The smallest absolute Gasteiger partial charge is 0.160 e. The van der Waals surface area contributed by atoms with E-state index in [2.05, 4.69) is 152 Å². The first-order valence-corrected chi connectivity index (χ1v) is 20.6. The van der Waals surface area contributed by atoms with Crippen molar-refractivity contribution in [3.8, 4) is 16.8 Å². The molecule has 3 heterocycles. The van der Waals surface area contributed by atoms with Crippen molar-refractivity contribution in [3.05, 3.63) is 204 Å². The highest BCUT2D eigenvalue weighted by atomic mass is 32.2. The van der Waals surface area contributed by atoms with Crippen LogP contribution in [0.4, 0.5) is 0 Å². The molecule has 0 radical (unpaired) electrons. The van der Waals surface area contributed by atoms with Crippen molar-refractivity contribution in [1.29, 1.82) is 0 Å². The SMILES string of the molecule is C=C1C=C(c2ccc(-n3c4cc5c(cc4c4cc6c(cc43)C(C)(C)c3ccccc3-6)Sc3ccccc3S5)cc2)N=C(c2ccccc2)N=C1c1ccccc1. The summed E-state index contributed by atoms with van der Waals surface area (Å²) in [6, 6.07) is 56.7. The van der Waals surface area contributed by atoms with Crippen LogP contribution < -0.4 is 0 Å². The van der Waals surface area contributed by atoms with Crippen molar-refractivity contribution in [3.63, 3.8) is 0 Å². The third kappa shape index (κ3) is 5.22. The molecular weight excluding hydrogens is 719 g/mol. The maximum Gasteiger partial charge on any atom is 0.160 e. The number of aromatic nitrogens is 1. The molecule has 3 nitrogen and oxygen atoms in total. The van der Waals surface area contributed by atoms with Crippen molar-refractivity contribution >= 4 is 62.6 Å². The molecule has 0 atom stereocenters. The first kappa shape index (κ1) is 33.2.